The SMILES string of the molecule is COc1cc(CC(C)(C)C(=O)O)cc(C(C)C)c1. The Labute approximate surface area is 109 Å². The van der Waals surface area contributed by atoms with Crippen LogP contribution in [0.25, 0.3) is 0 Å². The Hall–Kier alpha value is -1.51. The third-order valence-corrected chi connectivity index (χ3v) is 3.12. The summed E-state index contributed by atoms with van der Waals surface area (Å²) in [7, 11) is 1.63. The number of methoxy groups -OCH3 is 1. The van der Waals surface area contributed by atoms with Gasteiger partial charge in [0.05, 0.1) is 12.5 Å². The first kappa shape index (κ1) is 14.6. The van der Waals surface area contributed by atoms with Crippen LogP contribution in [-0.2, 0) is 11.2 Å². The van der Waals surface area contributed by atoms with E-state index in [2.05, 4.69) is 19.9 Å². The highest BCUT2D eigenvalue weighted by atomic mass is 16.5. The number of carboxylic acid groups (broad SMARTS) is 1. The van der Waals surface area contributed by atoms with Crippen molar-refractivity contribution in [1.82, 2.24) is 0 Å². The van der Waals surface area contributed by atoms with Gasteiger partial charge in [-0.05, 0) is 49.4 Å². The maximum Gasteiger partial charge on any atom is 0.309 e. The van der Waals surface area contributed by atoms with Crippen LogP contribution in [-0.4, -0.2) is 18.2 Å². The highest BCUT2D eigenvalue weighted by molar-refractivity contribution is 5.74. The largest absolute Gasteiger partial charge is 0.497 e. The minimum absolute atomic E-state index is 0.395. The van der Waals surface area contributed by atoms with Crippen molar-refractivity contribution in [1.29, 1.82) is 0 Å². The van der Waals surface area contributed by atoms with Crippen LogP contribution in [0.3, 0.4) is 0 Å². The van der Waals surface area contributed by atoms with Gasteiger partial charge in [-0.1, -0.05) is 19.9 Å². The molecule has 0 bridgehead atoms. The number of benzene rings is 1. The van der Waals surface area contributed by atoms with Gasteiger partial charge >= 0.3 is 5.97 Å². The number of hydrogen-bond donors (Lipinski definition) is 1. The van der Waals surface area contributed by atoms with Crippen molar-refractivity contribution in [3.63, 3.8) is 0 Å². The highest BCUT2D eigenvalue weighted by Gasteiger charge is 2.27. The molecule has 0 saturated heterocycles. The van der Waals surface area contributed by atoms with Gasteiger partial charge in [-0.2, -0.15) is 0 Å². The summed E-state index contributed by atoms with van der Waals surface area (Å²) in [5.74, 6) is 0.403. The standard InChI is InChI=1S/C15H22O3/c1-10(2)12-6-11(7-13(8-12)18-5)9-15(3,4)14(16)17/h6-8,10H,9H2,1-5H3,(H,16,17). The van der Waals surface area contributed by atoms with Crippen LogP contribution >= 0.6 is 0 Å². The van der Waals surface area contributed by atoms with E-state index in [1.165, 1.54) is 5.56 Å². The molecule has 1 rings (SSSR count). The quantitative estimate of drug-likeness (QED) is 0.870. The Morgan fingerprint density at radius 3 is 2.39 bits per heavy atom. The summed E-state index contributed by atoms with van der Waals surface area (Å²) in [6, 6.07) is 5.98. The molecule has 0 aliphatic carbocycles. The molecule has 0 atom stereocenters. The van der Waals surface area contributed by atoms with Crippen molar-refractivity contribution in [2.45, 2.75) is 40.0 Å². The molecular formula is C15H22O3. The molecule has 1 aromatic carbocycles. The Morgan fingerprint density at radius 1 is 1.33 bits per heavy atom. The molecular weight excluding hydrogens is 228 g/mol. The average Bonchev–Trinajstić information content (AvgIpc) is 2.27. The zero-order valence-corrected chi connectivity index (χ0v) is 11.8. The van der Waals surface area contributed by atoms with Gasteiger partial charge in [0.1, 0.15) is 5.75 Å². The molecule has 0 aliphatic rings. The van der Waals surface area contributed by atoms with Crippen molar-refractivity contribution in [2.24, 2.45) is 5.41 Å². The second kappa shape index (κ2) is 5.42. The van der Waals surface area contributed by atoms with Crippen molar-refractivity contribution >= 4 is 5.97 Å². The van der Waals surface area contributed by atoms with Gasteiger partial charge in [-0.3, -0.25) is 4.79 Å². The lowest BCUT2D eigenvalue weighted by Crippen LogP contribution is -2.26. The van der Waals surface area contributed by atoms with E-state index in [0.29, 0.717) is 12.3 Å². The topological polar surface area (TPSA) is 46.5 Å². The van der Waals surface area contributed by atoms with E-state index in [1.807, 2.05) is 12.1 Å². The first-order valence-corrected chi connectivity index (χ1v) is 6.17. The number of hydrogen-bond acceptors (Lipinski definition) is 2. The summed E-state index contributed by atoms with van der Waals surface area (Å²) in [6.45, 7) is 7.70. The van der Waals surface area contributed by atoms with Crippen LogP contribution in [0.5, 0.6) is 5.75 Å². The summed E-state index contributed by atoms with van der Waals surface area (Å²) in [4.78, 5) is 11.2. The number of aliphatic carboxylic acids is 1. The van der Waals surface area contributed by atoms with Crippen LogP contribution in [0.4, 0.5) is 0 Å². The van der Waals surface area contributed by atoms with Crippen molar-refractivity contribution in [3.05, 3.63) is 29.3 Å². The van der Waals surface area contributed by atoms with Gasteiger partial charge in [-0.15, -0.1) is 0 Å². The van der Waals surface area contributed by atoms with Gasteiger partial charge in [0.25, 0.3) is 0 Å². The maximum atomic E-state index is 11.2. The number of carbonyl (C=O) groups is 1. The molecule has 0 aromatic heterocycles. The first-order valence-electron chi connectivity index (χ1n) is 6.17. The van der Waals surface area contributed by atoms with Crippen molar-refractivity contribution in [2.75, 3.05) is 7.11 Å². The molecule has 100 valence electrons. The number of carboxylic acids is 1. The summed E-state index contributed by atoms with van der Waals surface area (Å²) in [6.07, 6.45) is 0.499. The Kier molecular flexibility index (Phi) is 4.38. The number of rotatable bonds is 5. The lowest BCUT2D eigenvalue weighted by Gasteiger charge is -2.20. The van der Waals surface area contributed by atoms with Gasteiger partial charge < -0.3 is 9.84 Å². The molecule has 0 spiro atoms. The van der Waals surface area contributed by atoms with Crippen LogP contribution in [0.2, 0.25) is 0 Å². The maximum absolute atomic E-state index is 11.2. The van der Waals surface area contributed by atoms with E-state index in [0.717, 1.165) is 11.3 Å². The van der Waals surface area contributed by atoms with Gasteiger partial charge in [0.15, 0.2) is 0 Å². The fourth-order valence-electron chi connectivity index (χ4n) is 1.83. The van der Waals surface area contributed by atoms with Gasteiger partial charge in [-0.25, -0.2) is 0 Å². The summed E-state index contributed by atoms with van der Waals surface area (Å²) < 4.78 is 5.27. The van der Waals surface area contributed by atoms with Crippen LogP contribution < -0.4 is 4.74 Å². The normalized spacial score (nSPS) is 11.7. The molecule has 1 N–H and O–H groups in total. The molecule has 0 unspecified atom stereocenters. The van der Waals surface area contributed by atoms with Gasteiger partial charge in [0, 0.05) is 0 Å². The van der Waals surface area contributed by atoms with Crippen molar-refractivity contribution < 1.29 is 14.6 Å². The second-order valence-electron chi connectivity index (χ2n) is 5.63. The summed E-state index contributed by atoms with van der Waals surface area (Å²) in [5.41, 5.74) is 1.41. The molecule has 0 fully saturated rings. The third-order valence-electron chi connectivity index (χ3n) is 3.12. The molecule has 0 aliphatic heterocycles. The summed E-state index contributed by atoms with van der Waals surface area (Å²) >= 11 is 0. The molecule has 0 radical (unpaired) electrons. The minimum Gasteiger partial charge on any atom is -0.497 e. The molecule has 0 amide bonds. The minimum atomic E-state index is -0.781. The molecule has 3 nitrogen and oxygen atoms in total. The van der Waals surface area contributed by atoms with Crippen molar-refractivity contribution in [3.8, 4) is 5.75 Å². The third kappa shape index (κ3) is 3.49. The molecule has 0 saturated carbocycles. The lowest BCUT2D eigenvalue weighted by atomic mass is 9.85. The Morgan fingerprint density at radius 2 is 1.94 bits per heavy atom. The smallest absolute Gasteiger partial charge is 0.309 e. The predicted molar refractivity (Wildman–Crippen MR) is 72.2 cm³/mol. The monoisotopic (exact) mass is 250 g/mol. The van der Waals surface area contributed by atoms with Crippen LogP contribution in [0.1, 0.15) is 44.7 Å². The van der Waals surface area contributed by atoms with E-state index >= 15 is 0 Å². The molecule has 18 heavy (non-hydrogen) atoms. The Bertz CT molecular complexity index is 433. The van der Waals surface area contributed by atoms with E-state index in [1.54, 1.807) is 21.0 Å². The second-order valence-corrected chi connectivity index (χ2v) is 5.63. The summed E-state index contributed by atoms with van der Waals surface area (Å²) in [5, 5.41) is 9.18. The fourth-order valence-corrected chi connectivity index (χ4v) is 1.83. The van der Waals surface area contributed by atoms with Crippen LogP contribution in [0.15, 0.2) is 18.2 Å². The highest BCUT2D eigenvalue weighted by Crippen LogP contribution is 2.28. The van der Waals surface area contributed by atoms with Gasteiger partial charge in [0.2, 0.25) is 0 Å². The molecule has 0 heterocycles. The Balaban J connectivity index is 3.09. The average molecular weight is 250 g/mol. The molecule has 1 aromatic rings. The van der Waals surface area contributed by atoms with E-state index in [-0.39, 0.29) is 0 Å². The first-order chi connectivity index (χ1) is 8.26. The van der Waals surface area contributed by atoms with E-state index in [9.17, 15) is 9.90 Å². The molecule has 3 heteroatoms. The predicted octanol–water partition coefficient (Wildman–Crippen LogP) is 3.47. The van der Waals surface area contributed by atoms with E-state index < -0.39 is 11.4 Å². The number of ether oxygens (including phenoxy) is 1. The zero-order chi connectivity index (χ0) is 13.9. The fraction of sp³-hybridized carbons (Fsp3) is 0.533. The zero-order valence-electron chi connectivity index (χ0n) is 11.8. The van der Waals surface area contributed by atoms with Crippen LogP contribution in [0, 0.1) is 5.41 Å². The lowest BCUT2D eigenvalue weighted by molar-refractivity contribution is -0.146. The van der Waals surface area contributed by atoms with E-state index in [4.69, 9.17) is 4.74 Å².